The first kappa shape index (κ1) is 13.8. The maximum Gasteiger partial charge on any atom is 0.224 e. The largest absolute Gasteiger partial charge is 0.379 e. The lowest BCUT2D eigenvalue weighted by atomic mass is 9.94. The minimum Gasteiger partial charge on any atom is -0.379 e. The molecule has 2 aliphatic carbocycles. The van der Waals surface area contributed by atoms with Crippen molar-refractivity contribution < 1.29 is 9.53 Å². The van der Waals surface area contributed by atoms with Crippen molar-refractivity contribution in [2.75, 3.05) is 26.8 Å². The molecule has 2 fully saturated rings. The van der Waals surface area contributed by atoms with Crippen molar-refractivity contribution in [3.63, 3.8) is 0 Å². The van der Waals surface area contributed by atoms with Crippen LogP contribution in [-0.2, 0) is 9.53 Å². The summed E-state index contributed by atoms with van der Waals surface area (Å²) in [6.07, 6.45) is 7.42. The van der Waals surface area contributed by atoms with E-state index in [0.29, 0.717) is 19.6 Å². The monoisotopic (exact) mass is 254 g/mol. The highest BCUT2D eigenvalue weighted by Gasteiger charge is 2.32. The van der Waals surface area contributed by atoms with Crippen molar-refractivity contribution in [2.45, 2.75) is 50.5 Å². The second-order valence-electron chi connectivity index (χ2n) is 6.08. The molecule has 4 nitrogen and oxygen atoms in total. The van der Waals surface area contributed by atoms with E-state index in [1.165, 1.54) is 12.8 Å². The SMILES string of the molecule is CN(CCOCC1CC1)C(=O)CC1(N)CCCC1. The number of hydrogen-bond donors (Lipinski definition) is 1. The van der Waals surface area contributed by atoms with Gasteiger partial charge in [-0.3, -0.25) is 4.79 Å². The molecule has 2 N–H and O–H groups in total. The van der Waals surface area contributed by atoms with Crippen LogP contribution in [0.1, 0.15) is 44.9 Å². The van der Waals surface area contributed by atoms with Crippen LogP contribution in [0.25, 0.3) is 0 Å². The minimum atomic E-state index is -0.236. The van der Waals surface area contributed by atoms with Crippen molar-refractivity contribution in [1.82, 2.24) is 4.90 Å². The Balaban J connectivity index is 1.60. The number of amides is 1. The molecule has 0 aliphatic heterocycles. The van der Waals surface area contributed by atoms with Gasteiger partial charge in [0.05, 0.1) is 6.61 Å². The van der Waals surface area contributed by atoms with Gasteiger partial charge in [-0.1, -0.05) is 12.8 Å². The smallest absolute Gasteiger partial charge is 0.224 e. The van der Waals surface area contributed by atoms with Gasteiger partial charge in [0.15, 0.2) is 0 Å². The zero-order valence-corrected chi connectivity index (χ0v) is 11.5. The third-order valence-corrected chi connectivity index (χ3v) is 4.15. The Kier molecular flexibility index (Phi) is 4.62. The van der Waals surface area contributed by atoms with Gasteiger partial charge in [0, 0.05) is 32.2 Å². The molecule has 18 heavy (non-hydrogen) atoms. The molecule has 2 aliphatic rings. The Hall–Kier alpha value is -0.610. The van der Waals surface area contributed by atoms with E-state index in [2.05, 4.69) is 0 Å². The average Bonchev–Trinajstić information content (AvgIpc) is 3.06. The molecule has 2 saturated carbocycles. The number of nitrogens with two attached hydrogens (primary N) is 1. The normalized spacial score (nSPS) is 22.1. The predicted molar refractivity (Wildman–Crippen MR) is 71.2 cm³/mol. The van der Waals surface area contributed by atoms with Gasteiger partial charge in [-0.05, 0) is 31.6 Å². The highest BCUT2D eigenvalue weighted by molar-refractivity contribution is 5.77. The Morgan fingerprint density at radius 2 is 2.06 bits per heavy atom. The Bertz CT molecular complexity index is 284. The first-order chi connectivity index (χ1) is 8.59. The summed E-state index contributed by atoms with van der Waals surface area (Å²) in [6.45, 7) is 2.20. The molecule has 0 heterocycles. The predicted octanol–water partition coefficient (Wildman–Crippen LogP) is 1.53. The molecule has 4 heteroatoms. The molecule has 0 radical (unpaired) electrons. The van der Waals surface area contributed by atoms with Gasteiger partial charge in [-0.25, -0.2) is 0 Å². The van der Waals surface area contributed by atoms with Gasteiger partial charge in [0.25, 0.3) is 0 Å². The van der Waals surface area contributed by atoms with E-state index in [1.54, 1.807) is 4.90 Å². The lowest BCUT2D eigenvalue weighted by Gasteiger charge is -2.26. The first-order valence-corrected chi connectivity index (χ1v) is 7.20. The number of rotatable bonds is 7. The lowest BCUT2D eigenvalue weighted by molar-refractivity contribution is -0.131. The standard InChI is InChI=1S/C14H26N2O2/c1-16(8-9-18-11-12-4-5-12)13(17)10-14(15)6-2-3-7-14/h12H,2-11,15H2,1H3. The molecule has 104 valence electrons. The molecule has 1 amide bonds. The van der Waals surface area contributed by atoms with E-state index in [-0.39, 0.29) is 11.4 Å². The summed E-state index contributed by atoms with van der Waals surface area (Å²) >= 11 is 0. The Morgan fingerprint density at radius 1 is 1.39 bits per heavy atom. The topological polar surface area (TPSA) is 55.6 Å². The summed E-state index contributed by atoms with van der Waals surface area (Å²) in [4.78, 5) is 13.8. The number of hydrogen-bond acceptors (Lipinski definition) is 3. The van der Waals surface area contributed by atoms with Crippen LogP contribution in [0.5, 0.6) is 0 Å². The maximum absolute atomic E-state index is 12.0. The first-order valence-electron chi connectivity index (χ1n) is 7.20. The zero-order chi connectivity index (χ0) is 13.0. The molecule has 0 saturated heterocycles. The van der Waals surface area contributed by atoms with E-state index in [1.807, 2.05) is 7.05 Å². The quantitative estimate of drug-likeness (QED) is 0.701. The molecule has 0 aromatic rings. The molecule has 0 spiro atoms. The number of nitrogens with zero attached hydrogens (tertiary/aromatic N) is 1. The van der Waals surface area contributed by atoms with Gasteiger partial charge in [-0.15, -0.1) is 0 Å². The van der Waals surface area contributed by atoms with Crippen molar-refractivity contribution in [2.24, 2.45) is 11.7 Å². The van der Waals surface area contributed by atoms with E-state index >= 15 is 0 Å². The van der Waals surface area contributed by atoms with Crippen LogP contribution in [0, 0.1) is 5.92 Å². The van der Waals surface area contributed by atoms with Crippen LogP contribution in [0.4, 0.5) is 0 Å². The fraction of sp³-hybridized carbons (Fsp3) is 0.929. The van der Waals surface area contributed by atoms with Gasteiger partial charge in [0.1, 0.15) is 0 Å². The number of likely N-dealkylation sites (N-methyl/N-ethyl adjacent to an activating group) is 1. The second kappa shape index (κ2) is 6.02. The van der Waals surface area contributed by atoms with E-state index in [4.69, 9.17) is 10.5 Å². The molecule has 0 bridgehead atoms. The molecular formula is C14H26N2O2. The molecular weight excluding hydrogens is 228 g/mol. The van der Waals surface area contributed by atoms with Gasteiger partial charge < -0.3 is 15.4 Å². The van der Waals surface area contributed by atoms with Crippen LogP contribution in [0.3, 0.4) is 0 Å². The molecule has 0 atom stereocenters. The van der Waals surface area contributed by atoms with Crippen LogP contribution in [0.15, 0.2) is 0 Å². The summed E-state index contributed by atoms with van der Waals surface area (Å²) in [7, 11) is 1.85. The van der Waals surface area contributed by atoms with E-state index in [9.17, 15) is 4.79 Å². The number of ether oxygens (including phenoxy) is 1. The van der Waals surface area contributed by atoms with Crippen molar-refractivity contribution in [1.29, 1.82) is 0 Å². The number of carbonyl (C=O) groups is 1. The summed E-state index contributed by atoms with van der Waals surface area (Å²) < 4.78 is 5.55. The van der Waals surface area contributed by atoms with E-state index < -0.39 is 0 Å². The van der Waals surface area contributed by atoms with Gasteiger partial charge in [0.2, 0.25) is 5.91 Å². The highest BCUT2D eigenvalue weighted by atomic mass is 16.5. The maximum atomic E-state index is 12.0. The zero-order valence-electron chi connectivity index (χ0n) is 11.5. The van der Waals surface area contributed by atoms with Gasteiger partial charge in [-0.2, -0.15) is 0 Å². The van der Waals surface area contributed by atoms with E-state index in [0.717, 1.165) is 38.2 Å². The van der Waals surface area contributed by atoms with Gasteiger partial charge >= 0.3 is 0 Å². The number of carbonyl (C=O) groups excluding carboxylic acids is 1. The summed E-state index contributed by atoms with van der Waals surface area (Å²) in [6, 6.07) is 0. The minimum absolute atomic E-state index is 0.162. The van der Waals surface area contributed by atoms with Crippen LogP contribution in [-0.4, -0.2) is 43.2 Å². The molecule has 0 unspecified atom stereocenters. The summed E-state index contributed by atoms with van der Waals surface area (Å²) in [5, 5.41) is 0. The third kappa shape index (κ3) is 4.25. The Labute approximate surface area is 110 Å². The highest BCUT2D eigenvalue weighted by Crippen LogP contribution is 2.30. The fourth-order valence-electron chi connectivity index (χ4n) is 2.55. The summed E-state index contributed by atoms with van der Waals surface area (Å²) in [5.41, 5.74) is 5.99. The van der Waals surface area contributed by atoms with Crippen molar-refractivity contribution in [3.05, 3.63) is 0 Å². The van der Waals surface area contributed by atoms with Crippen LogP contribution >= 0.6 is 0 Å². The van der Waals surface area contributed by atoms with Crippen molar-refractivity contribution >= 4 is 5.91 Å². The lowest BCUT2D eigenvalue weighted by Crippen LogP contribution is -2.43. The molecule has 0 aromatic carbocycles. The third-order valence-electron chi connectivity index (χ3n) is 4.15. The second-order valence-corrected chi connectivity index (χ2v) is 6.08. The Morgan fingerprint density at radius 3 is 2.67 bits per heavy atom. The van der Waals surface area contributed by atoms with Crippen LogP contribution in [0.2, 0.25) is 0 Å². The summed E-state index contributed by atoms with van der Waals surface area (Å²) in [5.74, 6) is 0.950. The van der Waals surface area contributed by atoms with Crippen LogP contribution < -0.4 is 5.73 Å². The molecule has 0 aromatic heterocycles. The average molecular weight is 254 g/mol. The van der Waals surface area contributed by atoms with Crippen molar-refractivity contribution in [3.8, 4) is 0 Å². The fourth-order valence-corrected chi connectivity index (χ4v) is 2.55. The molecule has 2 rings (SSSR count).